The number of hydrogen-bond donors (Lipinski definition) is 1. The Labute approximate surface area is 75.0 Å². The van der Waals surface area contributed by atoms with Gasteiger partial charge in [-0.25, -0.2) is 0 Å². The molecule has 0 heterocycles. The zero-order valence-electron chi connectivity index (χ0n) is 8.50. The summed E-state index contributed by atoms with van der Waals surface area (Å²) >= 11 is 0. The molecule has 0 aliphatic rings. The van der Waals surface area contributed by atoms with Crippen LogP contribution in [0.25, 0.3) is 0 Å². The highest BCUT2D eigenvalue weighted by atomic mass is 16.5. The number of ether oxygens (including phenoxy) is 1. The van der Waals surface area contributed by atoms with Gasteiger partial charge in [0.15, 0.2) is 0 Å². The standard InChI is InChI=1S/C9H20N2O/c1-7(2)9(10)11-8(3)5-6-12-4/h7-8H,5-6H2,1-4H3,(H2,10,11). The van der Waals surface area contributed by atoms with Crippen LogP contribution >= 0.6 is 0 Å². The molecule has 72 valence electrons. The molecule has 3 heteroatoms. The molecule has 1 unspecified atom stereocenters. The summed E-state index contributed by atoms with van der Waals surface area (Å²) in [7, 11) is 1.70. The van der Waals surface area contributed by atoms with Gasteiger partial charge in [0.2, 0.25) is 0 Å². The number of nitrogens with zero attached hydrogens (tertiary/aromatic N) is 1. The van der Waals surface area contributed by atoms with Crippen molar-refractivity contribution in [1.29, 1.82) is 0 Å². The van der Waals surface area contributed by atoms with Crippen molar-refractivity contribution in [3.05, 3.63) is 0 Å². The van der Waals surface area contributed by atoms with Gasteiger partial charge in [-0.1, -0.05) is 13.8 Å². The Hall–Kier alpha value is -0.570. The minimum atomic E-state index is 0.271. The predicted molar refractivity (Wildman–Crippen MR) is 52.4 cm³/mol. The minimum Gasteiger partial charge on any atom is -0.387 e. The van der Waals surface area contributed by atoms with E-state index >= 15 is 0 Å². The van der Waals surface area contributed by atoms with Gasteiger partial charge in [0.1, 0.15) is 0 Å². The quantitative estimate of drug-likeness (QED) is 0.503. The Balaban J connectivity index is 3.79. The highest BCUT2D eigenvalue weighted by molar-refractivity contribution is 5.82. The van der Waals surface area contributed by atoms with Gasteiger partial charge < -0.3 is 10.5 Å². The summed E-state index contributed by atoms with van der Waals surface area (Å²) in [5.41, 5.74) is 5.70. The van der Waals surface area contributed by atoms with E-state index in [9.17, 15) is 0 Å². The van der Waals surface area contributed by atoms with E-state index in [2.05, 4.69) is 4.99 Å². The Bertz CT molecular complexity index is 143. The van der Waals surface area contributed by atoms with Gasteiger partial charge in [0.25, 0.3) is 0 Å². The molecular formula is C9H20N2O. The number of hydrogen-bond acceptors (Lipinski definition) is 2. The van der Waals surface area contributed by atoms with Crippen LogP contribution in [0.2, 0.25) is 0 Å². The summed E-state index contributed by atoms with van der Waals surface area (Å²) < 4.78 is 4.94. The van der Waals surface area contributed by atoms with E-state index in [1.165, 1.54) is 0 Å². The first kappa shape index (κ1) is 11.4. The van der Waals surface area contributed by atoms with Crippen molar-refractivity contribution in [1.82, 2.24) is 0 Å². The third-order valence-corrected chi connectivity index (χ3v) is 1.70. The summed E-state index contributed by atoms with van der Waals surface area (Å²) in [6.45, 7) is 6.88. The fourth-order valence-corrected chi connectivity index (χ4v) is 0.757. The van der Waals surface area contributed by atoms with Gasteiger partial charge in [0, 0.05) is 19.6 Å². The largest absolute Gasteiger partial charge is 0.387 e. The molecule has 0 saturated carbocycles. The van der Waals surface area contributed by atoms with E-state index in [4.69, 9.17) is 10.5 Å². The number of rotatable bonds is 5. The van der Waals surface area contributed by atoms with Crippen LogP contribution in [0.1, 0.15) is 27.2 Å². The molecule has 0 rings (SSSR count). The number of amidine groups is 1. The van der Waals surface area contributed by atoms with Crippen LogP contribution in [0.15, 0.2) is 4.99 Å². The van der Waals surface area contributed by atoms with E-state index in [-0.39, 0.29) is 6.04 Å². The fourth-order valence-electron chi connectivity index (χ4n) is 0.757. The molecule has 0 amide bonds. The summed E-state index contributed by atoms with van der Waals surface area (Å²) in [5, 5.41) is 0. The van der Waals surface area contributed by atoms with Crippen molar-refractivity contribution in [3.8, 4) is 0 Å². The smallest absolute Gasteiger partial charge is 0.0966 e. The maximum atomic E-state index is 5.70. The summed E-state index contributed by atoms with van der Waals surface area (Å²) in [4.78, 5) is 4.33. The van der Waals surface area contributed by atoms with E-state index in [0.717, 1.165) is 18.9 Å². The van der Waals surface area contributed by atoms with Crippen LogP contribution in [-0.4, -0.2) is 25.6 Å². The lowest BCUT2D eigenvalue weighted by Crippen LogP contribution is -2.21. The highest BCUT2D eigenvalue weighted by Gasteiger charge is 2.02. The summed E-state index contributed by atoms with van der Waals surface area (Å²) in [6.07, 6.45) is 0.934. The first-order valence-corrected chi connectivity index (χ1v) is 4.40. The molecule has 0 aromatic carbocycles. The SMILES string of the molecule is COCCC(C)N=C(N)C(C)C. The first-order chi connectivity index (χ1) is 5.57. The molecule has 0 aliphatic carbocycles. The molecule has 0 fully saturated rings. The second-order valence-electron chi connectivity index (χ2n) is 3.34. The van der Waals surface area contributed by atoms with Crippen LogP contribution < -0.4 is 5.73 Å². The molecule has 12 heavy (non-hydrogen) atoms. The van der Waals surface area contributed by atoms with Gasteiger partial charge in [-0.05, 0) is 13.3 Å². The van der Waals surface area contributed by atoms with E-state index in [0.29, 0.717) is 5.92 Å². The summed E-state index contributed by atoms with van der Waals surface area (Å²) in [5.74, 6) is 1.08. The van der Waals surface area contributed by atoms with E-state index in [1.807, 2.05) is 20.8 Å². The Morgan fingerprint density at radius 3 is 2.42 bits per heavy atom. The lowest BCUT2D eigenvalue weighted by atomic mass is 10.2. The van der Waals surface area contributed by atoms with Crippen LogP contribution in [0, 0.1) is 5.92 Å². The molecule has 0 bridgehead atoms. The predicted octanol–water partition coefficient (Wildman–Crippen LogP) is 1.42. The monoisotopic (exact) mass is 172 g/mol. The molecule has 0 aromatic heterocycles. The topological polar surface area (TPSA) is 47.6 Å². The van der Waals surface area contributed by atoms with Crippen molar-refractivity contribution in [2.75, 3.05) is 13.7 Å². The van der Waals surface area contributed by atoms with Crippen molar-refractivity contribution < 1.29 is 4.74 Å². The zero-order valence-corrected chi connectivity index (χ0v) is 8.50. The fraction of sp³-hybridized carbons (Fsp3) is 0.889. The molecule has 0 aliphatic heterocycles. The Morgan fingerprint density at radius 1 is 1.42 bits per heavy atom. The van der Waals surface area contributed by atoms with Crippen molar-refractivity contribution in [2.24, 2.45) is 16.6 Å². The molecule has 2 N–H and O–H groups in total. The lowest BCUT2D eigenvalue weighted by molar-refractivity contribution is 0.190. The molecule has 0 radical (unpaired) electrons. The van der Waals surface area contributed by atoms with Gasteiger partial charge in [-0.2, -0.15) is 0 Å². The minimum absolute atomic E-state index is 0.271. The second kappa shape index (κ2) is 6.00. The van der Waals surface area contributed by atoms with Gasteiger partial charge in [-0.15, -0.1) is 0 Å². The van der Waals surface area contributed by atoms with Crippen molar-refractivity contribution in [2.45, 2.75) is 33.2 Å². The van der Waals surface area contributed by atoms with E-state index in [1.54, 1.807) is 7.11 Å². The third kappa shape index (κ3) is 5.13. The van der Waals surface area contributed by atoms with Gasteiger partial charge >= 0.3 is 0 Å². The lowest BCUT2D eigenvalue weighted by Gasteiger charge is -2.09. The highest BCUT2D eigenvalue weighted by Crippen LogP contribution is 2.00. The van der Waals surface area contributed by atoms with Crippen molar-refractivity contribution >= 4 is 5.84 Å². The normalized spacial score (nSPS) is 15.2. The number of aliphatic imine (C=N–C) groups is 1. The molecule has 3 nitrogen and oxygen atoms in total. The molecule has 1 atom stereocenters. The first-order valence-electron chi connectivity index (χ1n) is 4.40. The summed E-state index contributed by atoms with van der Waals surface area (Å²) in [6, 6.07) is 0.271. The number of methoxy groups -OCH3 is 1. The molecule has 0 aromatic rings. The molecular weight excluding hydrogens is 152 g/mol. The maximum absolute atomic E-state index is 5.70. The average Bonchev–Trinajstić information content (AvgIpc) is 2.00. The van der Waals surface area contributed by atoms with E-state index < -0.39 is 0 Å². The molecule has 0 spiro atoms. The molecule has 0 saturated heterocycles. The van der Waals surface area contributed by atoms with Crippen LogP contribution in [-0.2, 0) is 4.74 Å². The van der Waals surface area contributed by atoms with Crippen LogP contribution in [0.3, 0.4) is 0 Å². The van der Waals surface area contributed by atoms with Crippen molar-refractivity contribution in [3.63, 3.8) is 0 Å². The Kier molecular flexibility index (Phi) is 5.72. The maximum Gasteiger partial charge on any atom is 0.0966 e. The average molecular weight is 172 g/mol. The Morgan fingerprint density at radius 2 is 2.00 bits per heavy atom. The van der Waals surface area contributed by atoms with Gasteiger partial charge in [-0.3, -0.25) is 4.99 Å². The zero-order chi connectivity index (χ0) is 9.56. The third-order valence-electron chi connectivity index (χ3n) is 1.70. The number of nitrogens with two attached hydrogens (primary N) is 1. The van der Waals surface area contributed by atoms with Gasteiger partial charge in [0.05, 0.1) is 11.9 Å². The van der Waals surface area contributed by atoms with Crippen LogP contribution in [0.4, 0.5) is 0 Å². The second-order valence-corrected chi connectivity index (χ2v) is 3.34. The van der Waals surface area contributed by atoms with Crippen LogP contribution in [0.5, 0.6) is 0 Å².